The molecule has 0 fully saturated rings. The SMILES string of the molecule is CNc1nc(Cl)nc2sc3c(c12)CCC(C)C3. The molecule has 1 N–H and O–H groups in total. The van der Waals surface area contributed by atoms with Gasteiger partial charge in [0.15, 0.2) is 0 Å². The number of hydrogen-bond acceptors (Lipinski definition) is 4. The molecule has 17 heavy (non-hydrogen) atoms. The van der Waals surface area contributed by atoms with Gasteiger partial charge in [0, 0.05) is 11.9 Å². The molecule has 0 spiro atoms. The fourth-order valence-corrected chi connectivity index (χ4v) is 4.10. The maximum absolute atomic E-state index is 5.94. The van der Waals surface area contributed by atoms with Gasteiger partial charge in [-0.05, 0) is 42.3 Å². The van der Waals surface area contributed by atoms with Crippen molar-refractivity contribution in [1.29, 1.82) is 0 Å². The van der Waals surface area contributed by atoms with Gasteiger partial charge in [0.25, 0.3) is 0 Å². The summed E-state index contributed by atoms with van der Waals surface area (Å²) in [5, 5.41) is 4.64. The Morgan fingerprint density at radius 2 is 2.24 bits per heavy atom. The number of fused-ring (bicyclic) bond motifs is 3. The Morgan fingerprint density at radius 1 is 1.41 bits per heavy atom. The highest BCUT2D eigenvalue weighted by atomic mass is 35.5. The topological polar surface area (TPSA) is 37.8 Å². The van der Waals surface area contributed by atoms with Crippen LogP contribution in [0.3, 0.4) is 0 Å². The van der Waals surface area contributed by atoms with E-state index in [0.717, 1.165) is 29.4 Å². The van der Waals surface area contributed by atoms with Gasteiger partial charge in [-0.3, -0.25) is 0 Å². The molecule has 0 radical (unpaired) electrons. The summed E-state index contributed by atoms with van der Waals surface area (Å²) in [5.74, 6) is 1.64. The van der Waals surface area contributed by atoms with Crippen LogP contribution in [0.15, 0.2) is 0 Å². The minimum atomic E-state index is 0.327. The number of rotatable bonds is 1. The molecule has 0 saturated heterocycles. The van der Waals surface area contributed by atoms with Crippen LogP contribution in [0.4, 0.5) is 5.82 Å². The van der Waals surface area contributed by atoms with Gasteiger partial charge in [-0.25, -0.2) is 9.97 Å². The van der Waals surface area contributed by atoms with Crippen molar-refractivity contribution in [3.05, 3.63) is 15.7 Å². The first-order valence-corrected chi connectivity index (χ1v) is 7.04. The van der Waals surface area contributed by atoms with E-state index in [4.69, 9.17) is 11.6 Å². The fourth-order valence-electron chi connectivity index (χ4n) is 2.50. The predicted molar refractivity (Wildman–Crippen MR) is 73.2 cm³/mol. The summed E-state index contributed by atoms with van der Waals surface area (Å²) in [6.45, 7) is 2.31. The van der Waals surface area contributed by atoms with Gasteiger partial charge >= 0.3 is 0 Å². The van der Waals surface area contributed by atoms with Crippen LogP contribution in [0.5, 0.6) is 0 Å². The standard InChI is InChI=1S/C12H14ClN3S/c1-6-3-4-7-8(5-6)17-11-9(7)10(14-2)15-12(13)16-11/h6H,3-5H2,1-2H3,(H,14,15,16). The van der Waals surface area contributed by atoms with E-state index in [9.17, 15) is 0 Å². The largest absolute Gasteiger partial charge is 0.372 e. The molecule has 2 heterocycles. The Balaban J connectivity index is 2.28. The molecule has 5 heteroatoms. The van der Waals surface area contributed by atoms with E-state index in [0.29, 0.717) is 5.28 Å². The maximum Gasteiger partial charge on any atom is 0.225 e. The zero-order valence-electron chi connectivity index (χ0n) is 9.88. The second kappa shape index (κ2) is 4.10. The lowest BCUT2D eigenvalue weighted by molar-refractivity contribution is 0.509. The number of aryl methyl sites for hydroxylation is 1. The third kappa shape index (κ3) is 1.79. The zero-order chi connectivity index (χ0) is 12.0. The molecular weight excluding hydrogens is 254 g/mol. The fraction of sp³-hybridized carbons (Fsp3) is 0.500. The van der Waals surface area contributed by atoms with Gasteiger partial charge in [-0.15, -0.1) is 11.3 Å². The number of halogens is 1. The second-order valence-electron chi connectivity index (χ2n) is 4.62. The Kier molecular flexibility index (Phi) is 2.71. The van der Waals surface area contributed by atoms with Crippen LogP contribution >= 0.6 is 22.9 Å². The lowest BCUT2D eigenvalue weighted by Crippen LogP contribution is -2.09. The summed E-state index contributed by atoms with van der Waals surface area (Å²) in [7, 11) is 1.88. The number of hydrogen-bond donors (Lipinski definition) is 1. The van der Waals surface area contributed by atoms with E-state index in [-0.39, 0.29) is 0 Å². The Labute approximate surface area is 109 Å². The first kappa shape index (κ1) is 11.2. The van der Waals surface area contributed by atoms with E-state index in [2.05, 4.69) is 22.2 Å². The summed E-state index contributed by atoms with van der Waals surface area (Å²) in [6, 6.07) is 0. The molecule has 90 valence electrons. The summed E-state index contributed by atoms with van der Waals surface area (Å²) in [4.78, 5) is 11.1. The third-order valence-electron chi connectivity index (χ3n) is 3.36. The van der Waals surface area contributed by atoms with Gasteiger partial charge in [-0.2, -0.15) is 0 Å². The predicted octanol–water partition coefficient (Wildman–Crippen LogP) is 3.51. The van der Waals surface area contributed by atoms with Gasteiger partial charge in [0.05, 0.1) is 5.39 Å². The summed E-state index contributed by atoms with van der Waals surface area (Å²) >= 11 is 7.71. The van der Waals surface area contributed by atoms with E-state index in [1.165, 1.54) is 22.2 Å². The summed E-state index contributed by atoms with van der Waals surface area (Å²) < 4.78 is 0. The van der Waals surface area contributed by atoms with E-state index < -0.39 is 0 Å². The molecule has 0 aromatic carbocycles. The minimum absolute atomic E-state index is 0.327. The molecule has 1 aliphatic carbocycles. The highest BCUT2D eigenvalue weighted by Gasteiger charge is 2.23. The summed E-state index contributed by atoms with van der Waals surface area (Å²) in [6.07, 6.45) is 3.55. The van der Waals surface area contributed by atoms with Crippen LogP contribution in [0.1, 0.15) is 23.8 Å². The average molecular weight is 268 g/mol. The van der Waals surface area contributed by atoms with E-state index >= 15 is 0 Å². The number of nitrogens with one attached hydrogen (secondary N) is 1. The average Bonchev–Trinajstić information content (AvgIpc) is 2.64. The third-order valence-corrected chi connectivity index (χ3v) is 4.68. The van der Waals surface area contributed by atoms with Gasteiger partial charge < -0.3 is 5.32 Å². The molecule has 2 aromatic heterocycles. The van der Waals surface area contributed by atoms with Crippen molar-refractivity contribution < 1.29 is 0 Å². The monoisotopic (exact) mass is 267 g/mol. The molecule has 2 aromatic rings. The first-order chi connectivity index (χ1) is 8.19. The molecule has 0 bridgehead atoms. The van der Waals surface area contributed by atoms with Crippen LogP contribution in [0.2, 0.25) is 5.28 Å². The highest BCUT2D eigenvalue weighted by molar-refractivity contribution is 7.19. The molecule has 3 rings (SSSR count). The smallest absolute Gasteiger partial charge is 0.225 e. The molecule has 1 aliphatic rings. The van der Waals surface area contributed by atoms with E-state index in [1.807, 2.05) is 7.05 Å². The quantitative estimate of drug-likeness (QED) is 0.804. The van der Waals surface area contributed by atoms with Gasteiger partial charge in [-0.1, -0.05) is 6.92 Å². The zero-order valence-corrected chi connectivity index (χ0v) is 11.5. The Bertz CT molecular complexity index is 579. The van der Waals surface area contributed by atoms with Gasteiger partial charge in [0.1, 0.15) is 10.6 Å². The van der Waals surface area contributed by atoms with Crippen molar-refractivity contribution in [3.63, 3.8) is 0 Å². The molecule has 1 unspecified atom stereocenters. The molecule has 0 amide bonds. The van der Waals surface area contributed by atoms with Crippen molar-refractivity contribution in [1.82, 2.24) is 9.97 Å². The minimum Gasteiger partial charge on any atom is -0.372 e. The van der Waals surface area contributed by atoms with Crippen molar-refractivity contribution in [3.8, 4) is 0 Å². The van der Waals surface area contributed by atoms with Crippen molar-refractivity contribution in [2.75, 3.05) is 12.4 Å². The van der Waals surface area contributed by atoms with Crippen LogP contribution in [0.25, 0.3) is 10.2 Å². The van der Waals surface area contributed by atoms with Crippen LogP contribution in [-0.2, 0) is 12.8 Å². The number of thiophene rings is 1. The number of anilines is 1. The van der Waals surface area contributed by atoms with Crippen LogP contribution in [-0.4, -0.2) is 17.0 Å². The van der Waals surface area contributed by atoms with Crippen molar-refractivity contribution >= 4 is 39.0 Å². The van der Waals surface area contributed by atoms with Gasteiger partial charge in [0.2, 0.25) is 5.28 Å². The Hall–Kier alpha value is -0.870. The van der Waals surface area contributed by atoms with E-state index in [1.54, 1.807) is 11.3 Å². The number of aromatic nitrogens is 2. The lowest BCUT2D eigenvalue weighted by atomic mass is 9.89. The highest BCUT2D eigenvalue weighted by Crippen LogP contribution is 2.40. The first-order valence-electron chi connectivity index (χ1n) is 5.84. The van der Waals surface area contributed by atoms with Crippen LogP contribution < -0.4 is 5.32 Å². The summed E-state index contributed by atoms with van der Waals surface area (Å²) in [5.41, 5.74) is 1.43. The Morgan fingerprint density at radius 3 is 3.00 bits per heavy atom. The van der Waals surface area contributed by atoms with Crippen molar-refractivity contribution in [2.24, 2.45) is 5.92 Å². The second-order valence-corrected chi connectivity index (χ2v) is 6.04. The van der Waals surface area contributed by atoms with Crippen LogP contribution in [0, 0.1) is 5.92 Å². The molecular formula is C12H14ClN3S. The number of nitrogens with zero attached hydrogens (tertiary/aromatic N) is 2. The molecule has 0 saturated carbocycles. The molecule has 3 nitrogen and oxygen atoms in total. The normalized spacial score (nSPS) is 19.4. The maximum atomic E-state index is 5.94. The van der Waals surface area contributed by atoms with Crippen molar-refractivity contribution in [2.45, 2.75) is 26.2 Å². The molecule has 0 aliphatic heterocycles. The molecule has 1 atom stereocenters. The lowest BCUT2D eigenvalue weighted by Gasteiger charge is -2.18.